The average Bonchev–Trinajstić information content (AvgIpc) is 4.02. The Bertz CT molecular complexity index is 3920. The van der Waals surface area contributed by atoms with Crippen molar-refractivity contribution in [2.24, 2.45) is 23.7 Å². The molecule has 2 aromatic heterocycles. The lowest BCUT2D eigenvalue weighted by Crippen LogP contribution is -2.56. The van der Waals surface area contributed by atoms with Gasteiger partial charge in [0.25, 0.3) is 5.92 Å². The monoisotopic (exact) mass is 976 g/mol. The fraction of sp³-hybridized carbons (Fsp3) is 0.174. The smallest absolute Gasteiger partial charge is 0.298 e. The van der Waals surface area contributed by atoms with Crippen LogP contribution in [-0.2, 0) is 11.3 Å². The fourth-order valence-electron chi connectivity index (χ4n) is 15.0. The summed E-state index contributed by atoms with van der Waals surface area (Å²) in [6, 6.07) is 76.6. The summed E-state index contributed by atoms with van der Waals surface area (Å²) in [6.07, 6.45) is 8.30. The van der Waals surface area contributed by atoms with Crippen LogP contribution in [0.15, 0.2) is 231 Å². The van der Waals surface area contributed by atoms with Crippen molar-refractivity contribution >= 4 is 55.3 Å². The van der Waals surface area contributed by atoms with Gasteiger partial charge in [0, 0.05) is 50.3 Å². The molecule has 4 aliphatic carbocycles. The molecule has 0 radical (unpaired) electrons. The molecule has 364 valence electrons. The fourth-order valence-corrected chi connectivity index (χ4v) is 15.0. The van der Waals surface area contributed by atoms with Crippen LogP contribution in [0.1, 0.15) is 54.4 Å². The highest BCUT2D eigenvalue weighted by Crippen LogP contribution is 2.66. The van der Waals surface area contributed by atoms with Gasteiger partial charge in [-0.25, -0.2) is 4.98 Å². The van der Waals surface area contributed by atoms with Crippen molar-refractivity contribution in [2.45, 2.75) is 43.4 Å². The quantitative estimate of drug-likeness (QED) is 0.144. The van der Waals surface area contributed by atoms with Crippen LogP contribution in [0, 0.1) is 23.7 Å². The standard InChI is InChI=1S/C69H54F2N4/c70-69(71,51-22-14-23-55(41-51)73-44-74(64-31-12-11-30-63(64)73)67-57(48-16-3-1-4-17-48)26-15-27-58(67)49-18-5-2-6-19-49)52-32-33-60-59-25-9-10-29-62(59)75(65(60)42-52)66-43-50(34-35-72-66)68(53-37-45-36-46(39-53)40-54(68)38-45)61-28-13-21-47-20-7-8-24-56(47)61/h1-35,41-43,45-46,53-54H,36-40,44H2. The molecule has 6 heteroatoms. The lowest BCUT2D eigenvalue weighted by Gasteiger charge is -2.62. The number of halogens is 2. The van der Waals surface area contributed by atoms with E-state index in [1.165, 1.54) is 54.0 Å². The van der Waals surface area contributed by atoms with Gasteiger partial charge in [0.1, 0.15) is 12.5 Å². The van der Waals surface area contributed by atoms with Gasteiger partial charge in [-0.2, -0.15) is 8.78 Å². The van der Waals surface area contributed by atoms with Gasteiger partial charge in [0.15, 0.2) is 0 Å². The van der Waals surface area contributed by atoms with E-state index in [4.69, 9.17) is 4.98 Å². The van der Waals surface area contributed by atoms with E-state index < -0.39 is 5.92 Å². The number of para-hydroxylation sites is 4. The number of pyridine rings is 1. The Balaban J connectivity index is 0.834. The second kappa shape index (κ2) is 17.1. The van der Waals surface area contributed by atoms with E-state index in [0.29, 0.717) is 29.7 Å². The SMILES string of the molecule is FC(F)(c1cccc(N2CN(c3c(-c4ccccc4)cccc3-c3ccccc3)c3ccccc32)c1)c1ccc2c3ccccc3n(-c3cc(C4(c5cccc6ccccc56)C5CC6CC(C5)CC4C6)ccn3)c2c1. The van der Waals surface area contributed by atoms with Crippen molar-refractivity contribution in [1.82, 2.24) is 9.55 Å². The second-order valence-corrected chi connectivity index (χ2v) is 21.7. The maximum absolute atomic E-state index is 17.8. The lowest BCUT2D eigenvalue weighted by atomic mass is 9.42. The summed E-state index contributed by atoms with van der Waals surface area (Å²) < 4.78 is 37.7. The molecule has 75 heavy (non-hydrogen) atoms. The maximum atomic E-state index is 17.8. The molecular weight excluding hydrogens is 923 g/mol. The van der Waals surface area contributed by atoms with E-state index in [0.717, 1.165) is 73.3 Å². The van der Waals surface area contributed by atoms with Gasteiger partial charge >= 0.3 is 0 Å². The number of hydrogen-bond acceptors (Lipinski definition) is 3. The molecular formula is C69H54F2N4. The summed E-state index contributed by atoms with van der Waals surface area (Å²) in [4.78, 5) is 9.65. The van der Waals surface area contributed by atoms with E-state index in [9.17, 15) is 0 Å². The van der Waals surface area contributed by atoms with Gasteiger partial charge in [0.2, 0.25) is 0 Å². The van der Waals surface area contributed by atoms with Crippen molar-refractivity contribution in [3.05, 3.63) is 253 Å². The lowest BCUT2D eigenvalue weighted by molar-refractivity contribution is -0.0412. The first-order valence-electron chi connectivity index (χ1n) is 26.8. The first-order valence-corrected chi connectivity index (χ1v) is 26.8. The van der Waals surface area contributed by atoms with Crippen molar-refractivity contribution < 1.29 is 8.78 Å². The van der Waals surface area contributed by atoms with Crippen molar-refractivity contribution in [1.29, 1.82) is 0 Å². The molecule has 9 aromatic carbocycles. The van der Waals surface area contributed by atoms with Crippen LogP contribution in [0.2, 0.25) is 0 Å². The topological polar surface area (TPSA) is 24.3 Å². The van der Waals surface area contributed by atoms with Gasteiger partial charge in [-0.05, 0) is 137 Å². The zero-order valence-electron chi connectivity index (χ0n) is 41.5. The third-order valence-electron chi connectivity index (χ3n) is 17.9. The van der Waals surface area contributed by atoms with Crippen LogP contribution >= 0.6 is 0 Å². The largest absolute Gasteiger partial charge is 0.321 e. The number of fused-ring (bicyclic) bond motifs is 5. The summed E-state index contributed by atoms with van der Waals surface area (Å²) in [5.74, 6) is 0.0266. The normalized spacial score (nSPS) is 20.9. The highest BCUT2D eigenvalue weighted by molar-refractivity contribution is 6.09. The summed E-state index contributed by atoms with van der Waals surface area (Å²) in [7, 11) is 0. The number of anilines is 4. The van der Waals surface area contributed by atoms with Gasteiger partial charge in [-0.3, -0.25) is 4.57 Å². The third-order valence-corrected chi connectivity index (χ3v) is 17.9. The van der Waals surface area contributed by atoms with Crippen LogP contribution in [0.4, 0.5) is 31.5 Å². The summed E-state index contributed by atoms with van der Waals surface area (Å²) in [5, 5.41) is 4.53. The van der Waals surface area contributed by atoms with Gasteiger partial charge in [-0.15, -0.1) is 0 Å². The zero-order valence-corrected chi connectivity index (χ0v) is 41.5. The Morgan fingerprint density at radius 3 is 1.79 bits per heavy atom. The molecule has 0 unspecified atom stereocenters. The minimum Gasteiger partial charge on any atom is -0.321 e. The highest BCUT2D eigenvalue weighted by atomic mass is 19.3. The predicted molar refractivity (Wildman–Crippen MR) is 303 cm³/mol. The van der Waals surface area contributed by atoms with Gasteiger partial charge in [-0.1, -0.05) is 176 Å². The van der Waals surface area contributed by atoms with E-state index in [1.807, 2.05) is 48.7 Å². The Hall–Kier alpha value is -8.35. The number of aromatic nitrogens is 2. The highest BCUT2D eigenvalue weighted by Gasteiger charge is 2.59. The van der Waals surface area contributed by atoms with Gasteiger partial charge < -0.3 is 9.80 Å². The molecule has 0 amide bonds. The molecule has 0 saturated heterocycles. The number of rotatable bonds is 9. The molecule has 4 saturated carbocycles. The van der Waals surface area contributed by atoms with Crippen molar-refractivity contribution in [2.75, 3.05) is 16.5 Å². The second-order valence-electron chi connectivity index (χ2n) is 21.7. The number of benzene rings is 9. The summed E-state index contributed by atoms with van der Waals surface area (Å²) in [6.45, 7) is 0.431. The predicted octanol–water partition coefficient (Wildman–Crippen LogP) is 17.8. The number of nitrogens with zero attached hydrogens (tertiary/aromatic N) is 4. The zero-order chi connectivity index (χ0) is 49.8. The van der Waals surface area contributed by atoms with Gasteiger partial charge in [0.05, 0.1) is 28.1 Å². The van der Waals surface area contributed by atoms with Crippen molar-refractivity contribution in [3.63, 3.8) is 0 Å². The first kappa shape index (κ1) is 44.2. The minimum atomic E-state index is -3.33. The molecule has 11 aromatic rings. The third kappa shape index (κ3) is 6.81. The molecule has 4 nitrogen and oxygen atoms in total. The molecule has 5 aliphatic rings. The Kier molecular flexibility index (Phi) is 10.1. The Morgan fingerprint density at radius 1 is 0.467 bits per heavy atom. The van der Waals surface area contributed by atoms with E-state index >= 15 is 8.78 Å². The molecule has 0 N–H and O–H groups in total. The van der Waals surface area contributed by atoms with E-state index in [2.05, 4.69) is 166 Å². The van der Waals surface area contributed by atoms with Crippen LogP contribution in [0.5, 0.6) is 0 Å². The average molecular weight is 977 g/mol. The first-order chi connectivity index (χ1) is 36.9. The Morgan fingerprint density at radius 2 is 1.05 bits per heavy atom. The molecule has 1 aliphatic heterocycles. The van der Waals surface area contributed by atoms with E-state index in [1.54, 1.807) is 30.3 Å². The molecule has 16 rings (SSSR count). The van der Waals surface area contributed by atoms with E-state index in [-0.39, 0.29) is 16.5 Å². The van der Waals surface area contributed by atoms with Crippen LogP contribution in [-0.4, -0.2) is 16.2 Å². The summed E-state index contributed by atoms with van der Waals surface area (Å²) in [5.41, 5.74) is 12.2. The number of alkyl halides is 2. The van der Waals surface area contributed by atoms with Crippen LogP contribution in [0.25, 0.3) is 60.6 Å². The summed E-state index contributed by atoms with van der Waals surface area (Å²) >= 11 is 0. The molecule has 0 spiro atoms. The van der Waals surface area contributed by atoms with Crippen LogP contribution < -0.4 is 9.80 Å². The maximum Gasteiger partial charge on any atom is 0.298 e. The molecule has 3 heterocycles. The number of hydrogen-bond donors (Lipinski definition) is 0. The Labute approximate surface area is 436 Å². The molecule has 4 bridgehead atoms. The minimum absolute atomic E-state index is 0.0617. The van der Waals surface area contributed by atoms with Crippen LogP contribution in [0.3, 0.4) is 0 Å². The molecule has 0 atom stereocenters. The molecule has 4 fully saturated rings. The van der Waals surface area contributed by atoms with Crippen molar-refractivity contribution in [3.8, 4) is 28.1 Å².